The van der Waals surface area contributed by atoms with E-state index < -0.39 is 0 Å². The van der Waals surface area contributed by atoms with Gasteiger partial charge in [0, 0.05) is 23.9 Å². The van der Waals surface area contributed by atoms with E-state index in [0.29, 0.717) is 34.0 Å². The first-order chi connectivity index (χ1) is 15.5. The molecular formula is C24H26BN5O2. The summed E-state index contributed by atoms with van der Waals surface area (Å²) >= 11 is 0. The lowest BCUT2D eigenvalue weighted by Gasteiger charge is -2.12. The van der Waals surface area contributed by atoms with Crippen LogP contribution < -0.4 is 21.4 Å². The van der Waals surface area contributed by atoms with Crippen LogP contribution >= 0.6 is 0 Å². The van der Waals surface area contributed by atoms with Gasteiger partial charge in [0.15, 0.2) is 0 Å². The van der Waals surface area contributed by atoms with E-state index in [4.69, 9.17) is 5.41 Å². The number of unbranched alkanes of at least 4 members (excludes halogenated alkanes) is 1. The summed E-state index contributed by atoms with van der Waals surface area (Å²) in [4.78, 5) is 29.7. The number of aromatic nitrogens is 1. The molecule has 0 fully saturated rings. The molecule has 2 amide bonds. The Kier molecular flexibility index (Phi) is 7.75. The number of hydrogen-bond acceptors (Lipinski definition) is 4. The molecule has 0 atom stereocenters. The third kappa shape index (κ3) is 6.04. The quantitative estimate of drug-likeness (QED) is 0.192. The largest absolute Gasteiger partial charge is 0.370 e. The first-order valence-electron chi connectivity index (χ1n) is 10.5. The van der Waals surface area contributed by atoms with Crippen molar-refractivity contribution in [2.45, 2.75) is 19.8 Å². The fraction of sp³-hybridized carbons (Fsp3) is 0.167. The van der Waals surface area contributed by atoms with Crippen LogP contribution in [0.25, 0.3) is 0 Å². The van der Waals surface area contributed by atoms with E-state index in [2.05, 4.69) is 27.9 Å². The molecule has 3 rings (SSSR count). The van der Waals surface area contributed by atoms with Crippen LogP contribution in [0.15, 0.2) is 66.9 Å². The molecule has 0 aliphatic rings. The van der Waals surface area contributed by atoms with Gasteiger partial charge < -0.3 is 16.0 Å². The molecule has 4 N–H and O–H groups in total. The summed E-state index contributed by atoms with van der Waals surface area (Å²) in [5.74, 6) is 0.0689. The topological polar surface area (TPSA) is 107 Å². The smallest absolute Gasteiger partial charge is 0.258 e. The Morgan fingerprint density at radius 3 is 2.34 bits per heavy atom. The zero-order chi connectivity index (χ0) is 22.9. The van der Waals surface area contributed by atoms with Crippen LogP contribution in [0.4, 0.5) is 11.5 Å². The number of nitrogens with zero attached hydrogens (tertiary/aromatic N) is 1. The molecule has 0 radical (unpaired) electrons. The van der Waals surface area contributed by atoms with Crippen LogP contribution in [0.5, 0.6) is 0 Å². The molecule has 0 unspecified atom stereocenters. The summed E-state index contributed by atoms with van der Waals surface area (Å²) in [7, 11) is 1.92. The maximum atomic E-state index is 12.8. The summed E-state index contributed by atoms with van der Waals surface area (Å²) in [5, 5.41) is 16.7. The first kappa shape index (κ1) is 22.7. The number of nitrogens with one attached hydrogen (secondary N) is 4. The Balaban J connectivity index is 1.68. The molecule has 0 aliphatic heterocycles. The SMILES string of the molecule is Bc1ccc(NC(=O)c2ccccc2NC(=O)c2ccc(C(=N)NCCCC)cc2)nc1. The van der Waals surface area contributed by atoms with Crippen LogP contribution in [0.3, 0.4) is 0 Å². The van der Waals surface area contributed by atoms with Gasteiger partial charge in [-0.1, -0.05) is 49.1 Å². The summed E-state index contributed by atoms with van der Waals surface area (Å²) in [6.45, 7) is 2.84. The summed E-state index contributed by atoms with van der Waals surface area (Å²) in [5.41, 5.74) is 2.88. The minimum atomic E-state index is -0.362. The highest BCUT2D eigenvalue weighted by Crippen LogP contribution is 2.18. The molecular weight excluding hydrogens is 401 g/mol. The Labute approximate surface area is 188 Å². The third-order valence-corrected chi connectivity index (χ3v) is 4.84. The highest BCUT2D eigenvalue weighted by atomic mass is 16.2. The average Bonchev–Trinajstić information content (AvgIpc) is 2.81. The number of hydrogen-bond donors (Lipinski definition) is 4. The Bertz CT molecular complexity index is 1100. The first-order valence-corrected chi connectivity index (χ1v) is 10.5. The van der Waals surface area contributed by atoms with E-state index in [0.717, 1.165) is 24.8 Å². The normalized spacial score (nSPS) is 10.3. The van der Waals surface area contributed by atoms with Crippen molar-refractivity contribution in [3.63, 3.8) is 0 Å². The van der Waals surface area contributed by atoms with Crippen LogP contribution in [0.1, 0.15) is 46.0 Å². The predicted molar refractivity (Wildman–Crippen MR) is 131 cm³/mol. The van der Waals surface area contributed by atoms with Crippen LogP contribution in [-0.2, 0) is 0 Å². The van der Waals surface area contributed by atoms with Crippen molar-refractivity contribution in [3.8, 4) is 0 Å². The van der Waals surface area contributed by atoms with E-state index in [1.54, 1.807) is 60.8 Å². The lowest BCUT2D eigenvalue weighted by Crippen LogP contribution is -2.24. The third-order valence-electron chi connectivity index (χ3n) is 4.84. The molecule has 7 nitrogen and oxygen atoms in total. The van der Waals surface area contributed by atoms with E-state index in [-0.39, 0.29) is 11.8 Å². The lowest BCUT2D eigenvalue weighted by atomic mass is 9.99. The van der Waals surface area contributed by atoms with Gasteiger partial charge in [-0.3, -0.25) is 15.0 Å². The molecule has 0 saturated heterocycles. The van der Waals surface area contributed by atoms with E-state index in [9.17, 15) is 9.59 Å². The van der Waals surface area contributed by atoms with E-state index >= 15 is 0 Å². The summed E-state index contributed by atoms with van der Waals surface area (Å²) in [6.07, 6.45) is 3.72. The number of anilines is 2. The Morgan fingerprint density at radius 1 is 0.938 bits per heavy atom. The molecule has 8 heteroatoms. The van der Waals surface area contributed by atoms with Crippen molar-refractivity contribution >= 4 is 42.5 Å². The molecule has 32 heavy (non-hydrogen) atoms. The fourth-order valence-electron chi connectivity index (χ4n) is 2.99. The van der Waals surface area contributed by atoms with E-state index in [1.807, 2.05) is 13.9 Å². The highest BCUT2D eigenvalue weighted by Gasteiger charge is 2.15. The second kappa shape index (κ2) is 10.9. The van der Waals surface area contributed by atoms with Crippen LogP contribution in [-0.4, -0.2) is 37.0 Å². The molecule has 0 aliphatic carbocycles. The van der Waals surface area contributed by atoms with Crippen molar-refractivity contribution in [3.05, 3.63) is 83.6 Å². The van der Waals surface area contributed by atoms with Crippen molar-refractivity contribution < 1.29 is 9.59 Å². The van der Waals surface area contributed by atoms with Gasteiger partial charge in [-0.25, -0.2) is 4.98 Å². The maximum Gasteiger partial charge on any atom is 0.258 e. The molecule has 0 saturated carbocycles. The van der Waals surface area contributed by atoms with Gasteiger partial charge in [-0.2, -0.15) is 0 Å². The standard InChI is InChI=1S/C24H26BN5O2/c1-2-3-14-27-22(26)16-8-10-17(11-9-16)23(31)29-20-7-5-4-6-19(20)24(32)30-21-13-12-18(25)15-28-21/h4-13,15H,2-3,14,25H2,1H3,(H2,26,27)(H,29,31)(H,28,30,32). The van der Waals surface area contributed by atoms with Crippen molar-refractivity contribution in [1.29, 1.82) is 5.41 Å². The molecule has 3 aromatic rings. The zero-order valence-corrected chi connectivity index (χ0v) is 18.2. The minimum absolute atomic E-state index is 0.331. The Hall–Kier alpha value is -3.94. The summed E-state index contributed by atoms with van der Waals surface area (Å²) < 4.78 is 0. The number of carbonyl (C=O) groups excluding carboxylic acids is 2. The fourth-order valence-corrected chi connectivity index (χ4v) is 2.99. The van der Waals surface area contributed by atoms with Crippen LogP contribution in [0, 0.1) is 5.41 Å². The van der Waals surface area contributed by atoms with Gasteiger partial charge >= 0.3 is 0 Å². The number of amides is 2. The monoisotopic (exact) mass is 427 g/mol. The molecule has 0 bridgehead atoms. The maximum absolute atomic E-state index is 12.8. The predicted octanol–water partition coefficient (Wildman–Crippen LogP) is 2.56. The van der Waals surface area contributed by atoms with Crippen molar-refractivity contribution in [2.75, 3.05) is 17.2 Å². The van der Waals surface area contributed by atoms with Crippen LogP contribution in [0.2, 0.25) is 0 Å². The number of para-hydroxylation sites is 1. The minimum Gasteiger partial charge on any atom is -0.370 e. The second-order valence-corrected chi connectivity index (χ2v) is 7.41. The average molecular weight is 427 g/mol. The van der Waals surface area contributed by atoms with Crippen molar-refractivity contribution in [1.82, 2.24) is 10.3 Å². The summed E-state index contributed by atoms with van der Waals surface area (Å²) in [6, 6.07) is 17.2. The Morgan fingerprint density at radius 2 is 1.66 bits per heavy atom. The van der Waals surface area contributed by atoms with Crippen molar-refractivity contribution in [2.24, 2.45) is 0 Å². The zero-order valence-electron chi connectivity index (χ0n) is 18.2. The van der Waals surface area contributed by atoms with Gasteiger partial charge in [-0.15, -0.1) is 0 Å². The van der Waals surface area contributed by atoms with Gasteiger partial charge in [0.2, 0.25) is 0 Å². The molecule has 0 spiro atoms. The number of pyridine rings is 1. The number of rotatable bonds is 8. The molecule has 1 aromatic heterocycles. The number of amidine groups is 1. The van der Waals surface area contributed by atoms with E-state index in [1.165, 1.54) is 0 Å². The number of carbonyl (C=O) groups is 2. The highest BCUT2D eigenvalue weighted by molar-refractivity contribution is 6.32. The van der Waals surface area contributed by atoms with Gasteiger partial charge in [0.05, 0.1) is 11.3 Å². The molecule has 1 heterocycles. The second-order valence-electron chi connectivity index (χ2n) is 7.41. The lowest BCUT2D eigenvalue weighted by molar-refractivity contribution is 0.102. The number of benzene rings is 2. The van der Waals surface area contributed by atoms with Gasteiger partial charge in [0.1, 0.15) is 19.5 Å². The molecule has 162 valence electrons. The van der Waals surface area contributed by atoms with Gasteiger partial charge in [0.25, 0.3) is 11.8 Å². The van der Waals surface area contributed by atoms with Gasteiger partial charge in [-0.05, 0) is 36.8 Å². The molecule has 2 aromatic carbocycles.